The molecule has 3 aromatic rings. The Balaban J connectivity index is 1.87. The summed E-state index contributed by atoms with van der Waals surface area (Å²) in [6.45, 7) is 0. The number of carboxylic acids is 1. The number of hydrogen-bond donors (Lipinski definition) is 1. The molecule has 1 N–H and O–H groups in total. The van der Waals surface area contributed by atoms with Crippen molar-refractivity contribution in [3.63, 3.8) is 0 Å². The van der Waals surface area contributed by atoms with E-state index in [0.29, 0.717) is 0 Å². The third kappa shape index (κ3) is 2.27. The van der Waals surface area contributed by atoms with Crippen molar-refractivity contribution < 1.29 is 23.5 Å². The molecule has 1 aromatic heterocycles. The average Bonchev–Trinajstić information content (AvgIpc) is 3.07. The molecule has 10 heteroatoms. The summed E-state index contributed by atoms with van der Waals surface area (Å²) in [6, 6.07) is 8.40. The van der Waals surface area contributed by atoms with Gasteiger partial charge in [0.05, 0.1) is 5.69 Å². The third-order valence-corrected chi connectivity index (χ3v) is 5.37. The van der Waals surface area contributed by atoms with Crippen LogP contribution < -0.4 is 10.5 Å². The first kappa shape index (κ1) is 18.1. The Morgan fingerprint density at radius 1 is 1.07 bits per heavy atom. The molecule has 2 aromatic carbocycles. The normalized spacial score (nSPS) is 19.3. The van der Waals surface area contributed by atoms with Gasteiger partial charge in [-0.2, -0.15) is 10.1 Å². The maximum absolute atomic E-state index is 14.0. The molecular formula is C20H12F2N4O4. The van der Waals surface area contributed by atoms with E-state index in [2.05, 4.69) is 10.1 Å². The number of rotatable bonds is 2. The Labute approximate surface area is 167 Å². The highest BCUT2D eigenvalue weighted by Gasteiger charge is 2.58. The van der Waals surface area contributed by atoms with E-state index in [4.69, 9.17) is 0 Å². The van der Waals surface area contributed by atoms with Gasteiger partial charge in [-0.15, -0.1) is 0 Å². The summed E-state index contributed by atoms with van der Waals surface area (Å²) >= 11 is 0. The summed E-state index contributed by atoms with van der Waals surface area (Å²) < 4.78 is 28.3. The first-order valence-electron chi connectivity index (χ1n) is 8.97. The largest absolute Gasteiger partial charge is 0.478 e. The van der Waals surface area contributed by atoms with Crippen molar-refractivity contribution in [1.29, 1.82) is 0 Å². The molecule has 150 valence electrons. The number of carboxylic acid groups (broad SMARTS) is 1. The van der Waals surface area contributed by atoms with Gasteiger partial charge in [0.25, 0.3) is 5.56 Å². The molecule has 0 bridgehead atoms. The molecule has 8 nitrogen and oxygen atoms in total. The van der Waals surface area contributed by atoms with E-state index in [0.717, 1.165) is 33.8 Å². The summed E-state index contributed by atoms with van der Waals surface area (Å²) in [4.78, 5) is 42.8. The SMILES string of the molecule is O=C1CC[C@@]2(C(=O)O)N1c1cc(F)ccc1-c1nc(=O)c(-c3ccc(F)cc3)nn12. The number of carbonyl (C=O) groups excluding carboxylic acids is 1. The van der Waals surface area contributed by atoms with Crippen molar-refractivity contribution in [2.24, 2.45) is 0 Å². The maximum atomic E-state index is 14.0. The lowest BCUT2D eigenvalue weighted by molar-refractivity contribution is -0.148. The quantitative estimate of drug-likeness (QED) is 0.694. The van der Waals surface area contributed by atoms with Crippen molar-refractivity contribution in [3.05, 3.63) is 64.5 Å². The van der Waals surface area contributed by atoms with E-state index in [9.17, 15) is 28.3 Å². The minimum atomic E-state index is -2.00. The highest BCUT2D eigenvalue weighted by Crippen LogP contribution is 2.48. The molecular weight excluding hydrogens is 398 g/mol. The predicted molar refractivity (Wildman–Crippen MR) is 99.4 cm³/mol. The monoisotopic (exact) mass is 410 g/mol. The average molecular weight is 410 g/mol. The van der Waals surface area contributed by atoms with Gasteiger partial charge in [0, 0.05) is 24.0 Å². The molecule has 0 saturated carbocycles. The van der Waals surface area contributed by atoms with Crippen LogP contribution in [0.1, 0.15) is 12.8 Å². The molecule has 2 aliphatic heterocycles. The van der Waals surface area contributed by atoms with Crippen molar-refractivity contribution in [1.82, 2.24) is 14.8 Å². The van der Waals surface area contributed by atoms with Gasteiger partial charge < -0.3 is 5.11 Å². The molecule has 0 aliphatic carbocycles. The molecule has 0 spiro atoms. The Hall–Kier alpha value is -3.95. The third-order valence-electron chi connectivity index (χ3n) is 5.37. The predicted octanol–water partition coefficient (Wildman–Crippen LogP) is 2.13. The highest BCUT2D eigenvalue weighted by atomic mass is 19.1. The Kier molecular flexibility index (Phi) is 3.63. The Morgan fingerprint density at radius 3 is 2.47 bits per heavy atom. The number of aliphatic carboxylic acids is 1. The standard InChI is InChI=1S/C20H12F2N4O4/c21-11-3-1-10(2-4-11)16-18(28)23-17-13-6-5-12(22)9-14(13)25-15(27)7-8-20(25,19(29)30)26(17)24-16/h1-6,9H,7-8H2,(H,29,30)/t20-/m1/s1. The van der Waals surface area contributed by atoms with Gasteiger partial charge in [-0.05, 0) is 42.5 Å². The van der Waals surface area contributed by atoms with Crippen LogP contribution in [0.2, 0.25) is 0 Å². The zero-order valence-corrected chi connectivity index (χ0v) is 15.2. The van der Waals surface area contributed by atoms with Crippen LogP contribution in [0.4, 0.5) is 14.5 Å². The van der Waals surface area contributed by atoms with Crippen LogP contribution in [-0.2, 0) is 15.3 Å². The van der Waals surface area contributed by atoms with E-state index in [1.165, 1.54) is 18.2 Å². The van der Waals surface area contributed by atoms with Crippen LogP contribution in [0.25, 0.3) is 22.6 Å². The van der Waals surface area contributed by atoms with Crippen LogP contribution in [0.5, 0.6) is 0 Å². The molecule has 3 heterocycles. The molecule has 1 fully saturated rings. The minimum Gasteiger partial charge on any atom is -0.478 e. The fraction of sp³-hybridized carbons (Fsp3) is 0.150. The lowest BCUT2D eigenvalue weighted by Crippen LogP contribution is -2.58. The van der Waals surface area contributed by atoms with Crippen LogP contribution in [-0.4, -0.2) is 31.7 Å². The van der Waals surface area contributed by atoms with E-state index in [1.54, 1.807) is 0 Å². The summed E-state index contributed by atoms with van der Waals surface area (Å²) in [7, 11) is 0. The second kappa shape index (κ2) is 6.02. The molecule has 1 saturated heterocycles. The summed E-state index contributed by atoms with van der Waals surface area (Å²) in [5.41, 5.74) is -2.49. The number of aromatic nitrogens is 3. The number of anilines is 1. The fourth-order valence-electron chi connectivity index (χ4n) is 4.03. The Bertz CT molecular complexity index is 1310. The number of carbonyl (C=O) groups is 2. The van der Waals surface area contributed by atoms with E-state index >= 15 is 0 Å². The smallest absolute Gasteiger partial charge is 0.353 e. The molecule has 0 radical (unpaired) electrons. The van der Waals surface area contributed by atoms with Crippen molar-refractivity contribution in [2.45, 2.75) is 18.5 Å². The number of amides is 1. The number of fused-ring (bicyclic) bond motifs is 6. The fourth-order valence-corrected chi connectivity index (χ4v) is 4.03. The first-order chi connectivity index (χ1) is 14.3. The second-order valence-electron chi connectivity index (χ2n) is 7.02. The van der Waals surface area contributed by atoms with Crippen LogP contribution in [0.15, 0.2) is 47.3 Å². The van der Waals surface area contributed by atoms with E-state index < -0.39 is 34.7 Å². The van der Waals surface area contributed by atoms with Crippen molar-refractivity contribution >= 4 is 17.6 Å². The Morgan fingerprint density at radius 2 is 1.77 bits per heavy atom. The lowest BCUT2D eigenvalue weighted by Gasteiger charge is -2.41. The van der Waals surface area contributed by atoms with Gasteiger partial charge in [0.15, 0.2) is 11.5 Å². The van der Waals surface area contributed by atoms with Gasteiger partial charge in [-0.1, -0.05) is 0 Å². The van der Waals surface area contributed by atoms with Crippen molar-refractivity contribution in [3.8, 4) is 22.6 Å². The number of halogens is 2. The number of hydrogen-bond acceptors (Lipinski definition) is 5. The summed E-state index contributed by atoms with van der Waals surface area (Å²) in [5.74, 6) is -3.19. The molecule has 2 aliphatic rings. The molecule has 0 unspecified atom stereocenters. The zero-order chi connectivity index (χ0) is 21.2. The zero-order valence-electron chi connectivity index (χ0n) is 15.2. The van der Waals surface area contributed by atoms with Crippen LogP contribution in [0.3, 0.4) is 0 Å². The molecule has 1 amide bonds. The number of benzene rings is 2. The molecule has 1 atom stereocenters. The van der Waals surface area contributed by atoms with E-state index in [-0.39, 0.29) is 41.2 Å². The van der Waals surface area contributed by atoms with Crippen LogP contribution in [0, 0.1) is 11.6 Å². The summed E-state index contributed by atoms with van der Waals surface area (Å²) in [6.07, 6.45) is -0.258. The van der Waals surface area contributed by atoms with Gasteiger partial charge in [0.2, 0.25) is 11.6 Å². The number of nitrogens with zero attached hydrogens (tertiary/aromatic N) is 4. The lowest BCUT2D eigenvalue weighted by atomic mass is 10.00. The topological polar surface area (TPSA) is 105 Å². The maximum Gasteiger partial charge on any atom is 0.353 e. The molecule has 30 heavy (non-hydrogen) atoms. The second-order valence-corrected chi connectivity index (χ2v) is 7.02. The highest BCUT2D eigenvalue weighted by molar-refractivity contribution is 6.07. The van der Waals surface area contributed by atoms with Gasteiger partial charge in [-0.25, -0.2) is 18.3 Å². The first-order valence-corrected chi connectivity index (χ1v) is 8.97. The van der Waals surface area contributed by atoms with Gasteiger partial charge >= 0.3 is 5.97 Å². The summed E-state index contributed by atoms with van der Waals surface area (Å²) in [5, 5.41) is 14.4. The minimum absolute atomic E-state index is 0.0168. The van der Waals surface area contributed by atoms with Gasteiger partial charge in [-0.3, -0.25) is 14.5 Å². The van der Waals surface area contributed by atoms with Gasteiger partial charge in [0.1, 0.15) is 11.6 Å². The molecule has 5 rings (SSSR count). The van der Waals surface area contributed by atoms with Crippen molar-refractivity contribution in [2.75, 3.05) is 4.90 Å². The van der Waals surface area contributed by atoms with E-state index in [1.807, 2.05) is 0 Å². The van der Waals surface area contributed by atoms with Crippen LogP contribution >= 0.6 is 0 Å².